The SMILES string of the molecule is CCOC(=O)Cc1csc(NC(=O)N[C@@H]2CC(=O)N(c3cccc(OC)c3)C2)n1. The topological polar surface area (TPSA) is 110 Å². The number of hydrogen-bond donors (Lipinski definition) is 2. The molecular formula is C19H22N4O5S. The average Bonchev–Trinajstić information content (AvgIpc) is 3.27. The first-order valence-electron chi connectivity index (χ1n) is 9.10. The van der Waals surface area contributed by atoms with Crippen molar-refractivity contribution < 1.29 is 23.9 Å². The summed E-state index contributed by atoms with van der Waals surface area (Å²) in [5, 5.41) is 7.49. The molecule has 29 heavy (non-hydrogen) atoms. The van der Waals surface area contributed by atoms with E-state index in [4.69, 9.17) is 9.47 Å². The third kappa shape index (κ3) is 5.44. The number of carbonyl (C=O) groups is 3. The molecule has 1 aliphatic heterocycles. The molecular weight excluding hydrogens is 396 g/mol. The highest BCUT2D eigenvalue weighted by Gasteiger charge is 2.31. The van der Waals surface area contributed by atoms with Crippen LogP contribution in [0.1, 0.15) is 19.0 Å². The van der Waals surface area contributed by atoms with Gasteiger partial charge in [-0.3, -0.25) is 14.9 Å². The van der Waals surface area contributed by atoms with Crippen LogP contribution >= 0.6 is 11.3 Å². The number of esters is 1. The number of nitrogens with one attached hydrogen (secondary N) is 2. The number of amides is 3. The van der Waals surface area contributed by atoms with Gasteiger partial charge < -0.3 is 19.7 Å². The second-order valence-electron chi connectivity index (χ2n) is 6.33. The van der Waals surface area contributed by atoms with Crippen LogP contribution in [-0.2, 0) is 20.7 Å². The lowest BCUT2D eigenvalue weighted by Crippen LogP contribution is -2.39. The molecule has 2 N–H and O–H groups in total. The van der Waals surface area contributed by atoms with Gasteiger partial charge in [-0.15, -0.1) is 11.3 Å². The predicted molar refractivity (Wildman–Crippen MR) is 108 cm³/mol. The van der Waals surface area contributed by atoms with Crippen molar-refractivity contribution in [3.63, 3.8) is 0 Å². The molecule has 2 heterocycles. The van der Waals surface area contributed by atoms with Gasteiger partial charge in [-0.25, -0.2) is 9.78 Å². The van der Waals surface area contributed by atoms with Crippen molar-refractivity contribution in [3.8, 4) is 5.75 Å². The fourth-order valence-corrected chi connectivity index (χ4v) is 3.66. The first kappa shape index (κ1) is 20.6. The highest BCUT2D eigenvalue weighted by Crippen LogP contribution is 2.25. The van der Waals surface area contributed by atoms with E-state index in [-0.39, 0.29) is 30.8 Å². The fourth-order valence-electron chi connectivity index (χ4n) is 2.96. The maximum Gasteiger partial charge on any atom is 0.321 e. The number of nitrogens with zero attached hydrogens (tertiary/aromatic N) is 2. The Morgan fingerprint density at radius 2 is 2.21 bits per heavy atom. The summed E-state index contributed by atoms with van der Waals surface area (Å²) in [5.74, 6) is 0.220. The van der Waals surface area contributed by atoms with Crippen LogP contribution in [0.4, 0.5) is 15.6 Å². The second-order valence-corrected chi connectivity index (χ2v) is 7.19. The molecule has 154 valence electrons. The first-order valence-corrected chi connectivity index (χ1v) is 9.98. The number of anilines is 2. The summed E-state index contributed by atoms with van der Waals surface area (Å²) < 4.78 is 10.1. The van der Waals surface area contributed by atoms with E-state index in [2.05, 4.69) is 15.6 Å². The summed E-state index contributed by atoms with van der Waals surface area (Å²) in [5.41, 5.74) is 1.26. The number of rotatable bonds is 7. The number of benzene rings is 1. The zero-order valence-corrected chi connectivity index (χ0v) is 17.0. The summed E-state index contributed by atoms with van der Waals surface area (Å²) in [7, 11) is 1.57. The Hall–Kier alpha value is -3.14. The van der Waals surface area contributed by atoms with Gasteiger partial charge in [0.15, 0.2) is 5.13 Å². The Morgan fingerprint density at radius 1 is 1.38 bits per heavy atom. The van der Waals surface area contributed by atoms with Crippen LogP contribution < -0.4 is 20.3 Å². The molecule has 1 atom stereocenters. The minimum Gasteiger partial charge on any atom is -0.497 e. The number of ether oxygens (including phenoxy) is 2. The molecule has 3 amide bonds. The molecule has 1 aliphatic rings. The number of methoxy groups -OCH3 is 1. The molecule has 0 saturated carbocycles. The van der Waals surface area contributed by atoms with Crippen molar-refractivity contribution in [2.24, 2.45) is 0 Å². The van der Waals surface area contributed by atoms with Gasteiger partial charge in [0.25, 0.3) is 0 Å². The summed E-state index contributed by atoms with van der Waals surface area (Å²) in [4.78, 5) is 41.9. The lowest BCUT2D eigenvalue weighted by Gasteiger charge is -2.18. The molecule has 1 aromatic heterocycles. The van der Waals surface area contributed by atoms with Gasteiger partial charge in [-0.1, -0.05) is 6.07 Å². The van der Waals surface area contributed by atoms with Crippen molar-refractivity contribution in [1.29, 1.82) is 0 Å². The quantitative estimate of drug-likeness (QED) is 0.667. The van der Waals surface area contributed by atoms with Crippen LogP contribution in [0, 0.1) is 0 Å². The zero-order chi connectivity index (χ0) is 20.8. The third-order valence-corrected chi connectivity index (χ3v) is 5.03. The Labute approximate surface area is 172 Å². The molecule has 0 spiro atoms. The largest absolute Gasteiger partial charge is 0.497 e. The summed E-state index contributed by atoms with van der Waals surface area (Å²) in [6, 6.07) is 6.44. The monoisotopic (exact) mass is 418 g/mol. The number of carbonyl (C=O) groups excluding carboxylic acids is 3. The number of thiazole rings is 1. The Kier molecular flexibility index (Phi) is 6.65. The van der Waals surface area contributed by atoms with Crippen LogP contribution in [-0.4, -0.2) is 49.2 Å². The van der Waals surface area contributed by atoms with Crippen LogP contribution in [0.25, 0.3) is 0 Å². The molecule has 0 bridgehead atoms. The summed E-state index contributed by atoms with van der Waals surface area (Å²) in [6.45, 7) is 2.41. The van der Waals surface area contributed by atoms with E-state index in [9.17, 15) is 14.4 Å². The summed E-state index contributed by atoms with van der Waals surface area (Å²) in [6.07, 6.45) is 0.261. The average molecular weight is 418 g/mol. The van der Waals surface area contributed by atoms with Crippen LogP contribution in [0.15, 0.2) is 29.6 Å². The molecule has 0 unspecified atom stereocenters. The van der Waals surface area contributed by atoms with Gasteiger partial charge in [0.05, 0.1) is 31.9 Å². The molecule has 3 rings (SSSR count). The van der Waals surface area contributed by atoms with E-state index in [1.807, 2.05) is 12.1 Å². The minimum atomic E-state index is -0.452. The molecule has 0 radical (unpaired) electrons. The Bertz CT molecular complexity index is 900. The van der Waals surface area contributed by atoms with Gasteiger partial charge in [0.2, 0.25) is 5.91 Å². The van der Waals surface area contributed by atoms with Crippen LogP contribution in [0.3, 0.4) is 0 Å². The molecule has 10 heteroatoms. The third-order valence-electron chi connectivity index (χ3n) is 4.23. The van der Waals surface area contributed by atoms with Crippen molar-refractivity contribution in [2.75, 3.05) is 30.5 Å². The van der Waals surface area contributed by atoms with Gasteiger partial charge in [0.1, 0.15) is 5.75 Å². The van der Waals surface area contributed by atoms with Crippen molar-refractivity contribution in [3.05, 3.63) is 35.3 Å². The van der Waals surface area contributed by atoms with Gasteiger partial charge >= 0.3 is 12.0 Å². The second kappa shape index (κ2) is 9.37. The van der Waals surface area contributed by atoms with E-state index < -0.39 is 6.03 Å². The molecule has 9 nitrogen and oxygen atoms in total. The van der Waals surface area contributed by atoms with Crippen molar-refractivity contribution in [1.82, 2.24) is 10.3 Å². The normalized spacial score (nSPS) is 15.9. The van der Waals surface area contributed by atoms with E-state index in [0.29, 0.717) is 29.7 Å². The van der Waals surface area contributed by atoms with E-state index >= 15 is 0 Å². The van der Waals surface area contributed by atoms with E-state index in [0.717, 1.165) is 5.69 Å². The van der Waals surface area contributed by atoms with Crippen LogP contribution in [0.5, 0.6) is 5.75 Å². The zero-order valence-electron chi connectivity index (χ0n) is 16.1. The molecule has 1 fully saturated rings. The molecule has 1 aromatic carbocycles. The number of aromatic nitrogens is 1. The molecule has 0 aliphatic carbocycles. The van der Waals surface area contributed by atoms with E-state index in [1.165, 1.54) is 11.3 Å². The lowest BCUT2D eigenvalue weighted by molar-refractivity contribution is -0.142. The van der Waals surface area contributed by atoms with Crippen molar-refractivity contribution >= 4 is 40.1 Å². The van der Waals surface area contributed by atoms with Gasteiger partial charge in [0, 0.05) is 30.1 Å². The molecule has 1 saturated heterocycles. The van der Waals surface area contributed by atoms with Crippen LogP contribution in [0.2, 0.25) is 0 Å². The highest BCUT2D eigenvalue weighted by atomic mass is 32.1. The molecule has 2 aromatic rings. The number of hydrogen-bond acceptors (Lipinski definition) is 7. The maximum atomic E-state index is 12.3. The van der Waals surface area contributed by atoms with Gasteiger partial charge in [-0.05, 0) is 19.1 Å². The fraction of sp³-hybridized carbons (Fsp3) is 0.368. The number of urea groups is 1. The Morgan fingerprint density at radius 3 is 2.97 bits per heavy atom. The standard InChI is InChI=1S/C19H22N4O5S/c1-3-28-17(25)8-13-11-29-19(21-13)22-18(26)20-12-7-16(24)23(10-12)14-5-4-6-15(9-14)27-2/h4-6,9,11-12H,3,7-8,10H2,1-2H3,(H2,20,21,22,26)/t12-/m1/s1. The Balaban J connectivity index is 1.53. The van der Waals surface area contributed by atoms with Crippen molar-refractivity contribution in [2.45, 2.75) is 25.8 Å². The maximum absolute atomic E-state index is 12.3. The van der Waals surface area contributed by atoms with Gasteiger partial charge in [-0.2, -0.15) is 0 Å². The lowest BCUT2D eigenvalue weighted by atomic mass is 10.2. The summed E-state index contributed by atoms with van der Waals surface area (Å²) >= 11 is 1.22. The minimum absolute atomic E-state index is 0.0558. The van der Waals surface area contributed by atoms with E-state index in [1.54, 1.807) is 36.4 Å². The smallest absolute Gasteiger partial charge is 0.321 e. The predicted octanol–water partition coefficient (Wildman–Crippen LogP) is 2.18. The highest BCUT2D eigenvalue weighted by molar-refractivity contribution is 7.13. The first-order chi connectivity index (χ1) is 14.0.